The van der Waals surface area contributed by atoms with Crippen molar-refractivity contribution in [3.63, 3.8) is 0 Å². The summed E-state index contributed by atoms with van der Waals surface area (Å²) in [5.74, 6) is 0.958. The van der Waals surface area contributed by atoms with Gasteiger partial charge in [0, 0.05) is 16.9 Å². The van der Waals surface area contributed by atoms with Crippen molar-refractivity contribution in [2.24, 2.45) is 5.92 Å². The lowest BCUT2D eigenvalue weighted by molar-refractivity contribution is 0.0978. The number of rotatable bonds is 6. The third-order valence-electron chi connectivity index (χ3n) is 2.60. The fourth-order valence-corrected chi connectivity index (χ4v) is 2.00. The van der Waals surface area contributed by atoms with Gasteiger partial charge >= 0.3 is 0 Å². The summed E-state index contributed by atoms with van der Waals surface area (Å²) in [6, 6.07) is 7.90. The van der Waals surface area contributed by atoms with Crippen molar-refractivity contribution >= 4 is 17.5 Å². The molecule has 0 saturated heterocycles. The van der Waals surface area contributed by atoms with Gasteiger partial charge in [0.15, 0.2) is 5.78 Å². The maximum Gasteiger partial charge on any atom is 0.162 e. The van der Waals surface area contributed by atoms with Crippen LogP contribution in [0.15, 0.2) is 29.2 Å². The van der Waals surface area contributed by atoms with E-state index in [1.807, 2.05) is 30.5 Å². The van der Waals surface area contributed by atoms with E-state index in [1.165, 1.54) is 4.90 Å². The highest BCUT2D eigenvalue weighted by Gasteiger charge is 2.05. The normalized spacial score (nSPS) is 10.8. The van der Waals surface area contributed by atoms with E-state index in [2.05, 4.69) is 13.8 Å². The van der Waals surface area contributed by atoms with Gasteiger partial charge in [0.2, 0.25) is 0 Å². The van der Waals surface area contributed by atoms with Crippen LogP contribution < -0.4 is 0 Å². The molecule has 2 heteroatoms. The standard InChI is InChI=1S/C14H20OS/c1-11(2)5-4-6-14(15)12-7-9-13(16-3)10-8-12/h7-11H,4-6H2,1-3H3. The predicted molar refractivity (Wildman–Crippen MR) is 71.2 cm³/mol. The first-order valence-electron chi connectivity index (χ1n) is 5.80. The van der Waals surface area contributed by atoms with Gasteiger partial charge in [-0.05, 0) is 30.7 Å². The average molecular weight is 236 g/mol. The Labute approximate surface area is 103 Å². The highest BCUT2D eigenvalue weighted by molar-refractivity contribution is 7.98. The molecule has 0 fully saturated rings. The topological polar surface area (TPSA) is 17.1 Å². The monoisotopic (exact) mass is 236 g/mol. The first-order chi connectivity index (χ1) is 7.63. The van der Waals surface area contributed by atoms with Crippen LogP contribution in [0.4, 0.5) is 0 Å². The van der Waals surface area contributed by atoms with Crippen molar-refractivity contribution < 1.29 is 4.79 Å². The van der Waals surface area contributed by atoms with Crippen LogP contribution in [0.5, 0.6) is 0 Å². The zero-order valence-electron chi connectivity index (χ0n) is 10.3. The molecule has 0 aliphatic rings. The van der Waals surface area contributed by atoms with E-state index in [-0.39, 0.29) is 5.78 Å². The van der Waals surface area contributed by atoms with E-state index in [1.54, 1.807) is 11.8 Å². The van der Waals surface area contributed by atoms with Crippen LogP contribution in [0.25, 0.3) is 0 Å². The molecule has 0 spiro atoms. The Morgan fingerprint density at radius 2 is 1.88 bits per heavy atom. The third kappa shape index (κ3) is 4.40. The number of benzene rings is 1. The van der Waals surface area contributed by atoms with Crippen LogP contribution in [0.2, 0.25) is 0 Å². The molecule has 0 saturated carbocycles. The van der Waals surface area contributed by atoms with Crippen molar-refractivity contribution in [3.05, 3.63) is 29.8 Å². The molecule has 0 aliphatic heterocycles. The molecule has 1 aromatic rings. The van der Waals surface area contributed by atoms with Crippen molar-refractivity contribution in [2.75, 3.05) is 6.26 Å². The third-order valence-corrected chi connectivity index (χ3v) is 3.34. The maximum atomic E-state index is 11.8. The zero-order chi connectivity index (χ0) is 12.0. The number of carbonyl (C=O) groups excluding carboxylic acids is 1. The van der Waals surface area contributed by atoms with Gasteiger partial charge in [-0.2, -0.15) is 0 Å². The minimum absolute atomic E-state index is 0.272. The van der Waals surface area contributed by atoms with Crippen LogP contribution >= 0.6 is 11.8 Å². The molecule has 1 aromatic carbocycles. The van der Waals surface area contributed by atoms with Gasteiger partial charge in [-0.15, -0.1) is 11.8 Å². The second-order valence-corrected chi connectivity index (χ2v) is 5.32. The van der Waals surface area contributed by atoms with Crippen LogP contribution in [0.3, 0.4) is 0 Å². The molecular weight excluding hydrogens is 216 g/mol. The Hall–Kier alpha value is -0.760. The molecule has 0 atom stereocenters. The van der Waals surface area contributed by atoms with Crippen molar-refractivity contribution in [1.82, 2.24) is 0 Å². The van der Waals surface area contributed by atoms with Gasteiger partial charge in [-0.1, -0.05) is 32.4 Å². The Kier molecular flexibility index (Phi) is 5.61. The zero-order valence-corrected chi connectivity index (χ0v) is 11.1. The molecule has 1 rings (SSSR count). The van der Waals surface area contributed by atoms with Gasteiger partial charge in [-0.3, -0.25) is 4.79 Å². The molecule has 0 aromatic heterocycles. The van der Waals surface area contributed by atoms with E-state index in [0.29, 0.717) is 12.3 Å². The molecule has 0 aliphatic carbocycles. The summed E-state index contributed by atoms with van der Waals surface area (Å²) in [5, 5.41) is 0. The van der Waals surface area contributed by atoms with E-state index in [9.17, 15) is 4.79 Å². The quantitative estimate of drug-likeness (QED) is 0.537. The second-order valence-electron chi connectivity index (χ2n) is 4.44. The summed E-state index contributed by atoms with van der Waals surface area (Å²) in [5.41, 5.74) is 0.849. The molecule has 0 radical (unpaired) electrons. The lowest BCUT2D eigenvalue weighted by atomic mass is 10.0. The fraction of sp³-hybridized carbons (Fsp3) is 0.500. The molecular formula is C14H20OS. The van der Waals surface area contributed by atoms with E-state index in [4.69, 9.17) is 0 Å². The van der Waals surface area contributed by atoms with E-state index < -0.39 is 0 Å². The number of hydrogen-bond acceptors (Lipinski definition) is 2. The Morgan fingerprint density at radius 3 is 2.38 bits per heavy atom. The summed E-state index contributed by atoms with van der Waals surface area (Å²) in [7, 11) is 0. The molecule has 0 amide bonds. The van der Waals surface area contributed by atoms with Gasteiger partial charge in [-0.25, -0.2) is 0 Å². The summed E-state index contributed by atoms with van der Waals surface area (Å²) in [6.07, 6.45) is 4.85. The smallest absolute Gasteiger partial charge is 0.162 e. The average Bonchev–Trinajstić information content (AvgIpc) is 2.28. The van der Waals surface area contributed by atoms with Crippen molar-refractivity contribution in [2.45, 2.75) is 38.0 Å². The van der Waals surface area contributed by atoms with Crippen LogP contribution in [-0.2, 0) is 0 Å². The molecule has 16 heavy (non-hydrogen) atoms. The lowest BCUT2D eigenvalue weighted by Gasteiger charge is -2.04. The number of hydrogen-bond donors (Lipinski definition) is 0. The first-order valence-corrected chi connectivity index (χ1v) is 7.03. The number of Topliss-reactive ketones (excluding diaryl/α,β-unsaturated/α-hetero) is 1. The highest BCUT2D eigenvalue weighted by atomic mass is 32.2. The molecule has 88 valence electrons. The van der Waals surface area contributed by atoms with Crippen LogP contribution in [-0.4, -0.2) is 12.0 Å². The number of carbonyl (C=O) groups is 1. The van der Waals surface area contributed by atoms with Crippen molar-refractivity contribution in [1.29, 1.82) is 0 Å². The second kappa shape index (κ2) is 6.74. The number of ketones is 1. The Morgan fingerprint density at radius 1 is 1.25 bits per heavy atom. The fourth-order valence-electron chi connectivity index (χ4n) is 1.59. The molecule has 0 bridgehead atoms. The summed E-state index contributed by atoms with van der Waals surface area (Å²) >= 11 is 1.70. The molecule has 0 unspecified atom stereocenters. The Balaban J connectivity index is 2.46. The van der Waals surface area contributed by atoms with E-state index in [0.717, 1.165) is 18.4 Å². The summed E-state index contributed by atoms with van der Waals surface area (Å²) < 4.78 is 0. The van der Waals surface area contributed by atoms with Gasteiger partial charge in [0.1, 0.15) is 0 Å². The highest BCUT2D eigenvalue weighted by Crippen LogP contribution is 2.16. The minimum Gasteiger partial charge on any atom is -0.294 e. The molecule has 1 nitrogen and oxygen atoms in total. The molecule has 0 N–H and O–H groups in total. The predicted octanol–water partition coefficient (Wildman–Crippen LogP) is 4.42. The largest absolute Gasteiger partial charge is 0.294 e. The SMILES string of the molecule is CSc1ccc(C(=O)CCCC(C)C)cc1. The summed E-state index contributed by atoms with van der Waals surface area (Å²) in [6.45, 7) is 4.38. The summed E-state index contributed by atoms with van der Waals surface area (Å²) in [4.78, 5) is 13.0. The van der Waals surface area contributed by atoms with Crippen LogP contribution in [0.1, 0.15) is 43.5 Å². The van der Waals surface area contributed by atoms with Crippen molar-refractivity contribution in [3.8, 4) is 0 Å². The first kappa shape index (κ1) is 13.3. The maximum absolute atomic E-state index is 11.8. The Bertz CT molecular complexity index is 327. The van der Waals surface area contributed by atoms with Crippen LogP contribution in [0, 0.1) is 5.92 Å². The van der Waals surface area contributed by atoms with Gasteiger partial charge in [0.25, 0.3) is 0 Å². The lowest BCUT2D eigenvalue weighted by Crippen LogP contribution is -1.99. The van der Waals surface area contributed by atoms with E-state index >= 15 is 0 Å². The van der Waals surface area contributed by atoms with Gasteiger partial charge < -0.3 is 0 Å². The minimum atomic E-state index is 0.272. The molecule has 0 heterocycles. The number of thioether (sulfide) groups is 1. The van der Waals surface area contributed by atoms with Gasteiger partial charge in [0.05, 0.1) is 0 Å².